The first-order valence-electron chi connectivity index (χ1n) is 7.40. The molecule has 0 aliphatic rings. The third-order valence-electron chi connectivity index (χ3n) is 3.57. The quantitative estimate of drug-likeness (QED) is 0.711. The lowest BCUT2D eigenvalue weighted by molar-refractivity contribution is -0.140. The Morgan fingerprint density at radius 1 is 0.917 bits per heavy atom. The SMILES string of the molecule is NC(=O)[C@H](CC(=O)O)NC(=O)C(c1ccccc1)c1ccccc1. The van der Waals surface area contributed by atoms with E-state index in [9.17, 15) is 14.4 Å². The van der Waals surface area contributed by atoms with Crippen LogP contribution < -0.4 is 11.1 Å². The zero-order valence-corrected chi connectivity index (χ0v) is 12.9. The average Bonchev–Trinajstić information content (AvgIpc) is 2.56. The Kier molecular flexibility index (Phi) is 5.68. The van der Waals surface area contributed by atoms with E-state index in [1.807, 2.05) is 12.1 Å². The molecule has 6 heteroatoms. The van der Waals surface area contributed by atoms with E-state index in [0.717, 1.165) is 11.1 Å². The van der Waals surface area contributed by atoms with Crippen molar-refractivity contribution in [2.75, 3.05) is 0 Å². The Hall–Kier alpha value is -3.15. The summed E-state index contributed by atoms with van der Waals surface area (Å²) in [4.78, 5) is 35.0. The molecule has 0 aliphatic heterocycles. The van der Waals surface area contributed by atoms with Crippen molar-refractivity contribution in [2.45, 2.75) is 18.4 Å². The Morgan fingerprint density at radius 2 is 1.38 bits per heavy atom. The number of primary amides is 1. The van der Waals surface area contributed by atoms with Crippen molar-refractivity contribution in [1.82, 2.24) is 5.32 Å². The number of carbonyl (C=O) groups is 3. The minimum Gasteiger partial charge on any atom is -0.481 e. The number of carbonyl (C=O) groups excluding carboxylic acids is 2. The first-order valence-corrected chi connectivity index (χ1v) is 7.40. The number of rotatable bonds is 7. The van der Waals surface area contributed by atoms with Crippen LogP contribution in [0.4, 0.5) is 0 Å². The zero-order chi connectivity index (χ0) is 17.5. The molecule has 2 rings (SSSR count). The normalized spacial score (nSPS) is 11.7. The molecule has 4 N–H and O–H groups in total. The maximum Gasteiger partial charge on any atom is 0.305 e. The Labute approximate surface area is 139 Å². The summed E-state index contributed by atoms with van der Waals surface area (Å²) in [5.74, 6) is -3.24. The molecule has 24 heavy (non-hydrogen) atoms. The number of carboxylic acids is 1. The van der Waals surface area contributed by atoms with Gasteiger partial charge in [0.2, 0.25) is 11.8 Å². The number of hydrogen-bond acceptors (Lipinski definition) is 3. The number of aliphatic carboxylic acids is 1. The smallest absolute Gasteiger partial charge is 0.305 e. The summed E-state index contributed by atoms with van der Waals surface area (Å²) < 4.78 is 0. The van der Waals surface area contributed by atoms with Crippen LogP contribution >= 0.6 is 0 Å². The molecule has 0 aliphatic carbocycles. The van der Waals surface area contributed by atoms with Crippen molar-refractivity contribution in [3.63, 3.8) is 0 Å². The molecule has 2 aromatic carbocycles. The lowest BCUT2D eigenvalue weighted by Gasteiger charge is -2.21. The largest absolute Gasteiger partial charge is 0.481 e. The van der Waals surface area contributed by atoms with Gasteiger partial charge in [-0.05, 0) is 11.1 Å². The second-order valence-electron chi connectivity index (χ2n) is 5.32. The molecular weight excluding hydrogens is 308 g/mol. The van der Waals surface area contributed by atoms with Gasteiger partial charge in [-0.2, -0.15) is 0 Å². The van der Waals surface area contributed by atoms with E-state index in [-0.39, 0.29) is 0 Å². The van der Waals surface area contributed by atoms with Gasteiger partial charge in [0.1, 0.15) is 6.04 Å². The second-order valence-corrected chi connectivity index (χ2v) is 5.32. The third kappa shape index (κ3) is 4.42. The molecule has 0 radical (unpaired) electrons. The maximum absolute atomic E-state index is 12.7. The summed E-state index contributed by atoms with van der Waals surface area (Å²) in [6.45, 7) is 0. The molecular formula is C18H18N2O4. The van der Waals surface area contributed by atoms with Crippen molar-refractivity contribution in [1.29, 1.82) is 0 Å². The van der Waals surface area contributed by atoms with Crippen molar-refractivity contribution in [2.24, 2.45) is 5.73 Å². The minimum absolute atomic E-state index is 0.475. The van der Waals surface area contributed by atoms with E-state index >= 15 is 0 Å². The van der Waals surface area contributed by atoms with Gasteiger partial charge >= 0.3 is 5.97 Å². The van der Waals surface area contributed by atoms with Gasteiger partial charge in [0.15, 0.2) is 0 Å². The molecule has 0 spiro atoms. The molecule has 0 saturated carbocycles. The van der Waals surface area contributed by atoms with Crippen molar-refractivity contribution >= 4 is 17.8 Å². The third-order valence-corrected chi connectivity index (χ3v) is 3.57. The molecule has 0 heterocycles. The van der Waals surface area contributed by atoms with E-state index in [1.54, 1.807) is 48.5 Å². The van der Waals surface area contributed by atoms with E-state index < -0.39 is 36.2 Å². The van der Waals surface area contributed by atoms with E-state index in [4.69, 9.17) is 10.8 Å². The number of benzene rings is 2. The summed E-state index contributed by atoms with van der Waals surface area (Å²) in [5, 5.41) is 11.3. The fourth-order valence-electron chi connectivity index (χ4n) is 2.44. The highest BCUT2D eigenvalue weighted by Crippen LogP contribution is 2.25. The topological polar surface area (TPSA) is 109 Å². The van der Waals surface area contributed by atoms with Gasteiger partial charge in [0.25, 0.3) is 0 Å². The fraction of sp³-hybridized carbons (Fsp3) is 0.167. The summed E-state index contributed by atoms with van der Waals surface area (Å²) in [6.07, 6.45) is -0.558. The van der Waals surface area contributed by atoms with E-state index in [1.165, 1.54) is 0 Å². The molecule has 1 atom stereocenters. The molecule has 0 aromatic heterocycles. The Morgan fingerprint density at radius 3 is 1.75 bits per heavy atom. The minimum atomic E-state index is -1.26. The van der Waals surface area contributed by atoms with Gasteiger partial charge in [-0.25, -0.2) is 0 Å². The van der Waals surface area contributed by atoms with Crippen LogP contribution in [0, 0.1) is 0 Å². The average molecular weight is 326 g/mol. The van der Waals surface area contributed by atoms with Gasteiger partial charge in [-0.15, -0.1) is 0 Å². The highest BCUT2D eigenvalue weighted by atomic mass is 16.4. The summed E-state index contributed by atoms with van der Waals surface area (Å²) in [5.41, 5.74) is 6.67. The number of amides is 2. The van der Waals surface area contributed by atoms with Gasteiger partial charge in [-0.1, -0.05) is 60.7 Å². The van der Waals surface area contributed by atoms with Gasteiger partial charge in [-0.3, -0.25) is 14.4 Å². The number of nitrogens with two attached hydrogens (primary N) is 1. The Balaban J connectivity index is 2.32. The molecule has 0 unspecified atom stereocenters. The van der Waals surface area contributed by atoms with Crippen molar-refractivity contribution < 1.29 is 19.5 Å². The number of carboxylic acid groups (broad SMARTS) is 1. The molecule has 2 aromatic rings. The fourth-order valence-corrected chi connectivity index (χ4v) is 2.44. The Bertz CT molecular complexity index is 677. The second kappa shape index (κ2) is 7.92. The van der Waals surface area contributed by atoms with Crippen molar-refractivity contribution in [3.8, 4) is 0 Å². The lowest BCUT2D eigenvalue weighted by atomic mass is 9.90. The van der Waals surface area contributed by atoms with Crippen LogP contribution in [0.2, 0.25) is 0 Å². The molecule has 2 amide bonds. The summed E-state index contributed by atoms with van der Waals surface area (Å²) >= 11 is 0. The van der Waals surface area contributed by atoms with Crippen LogP contribution in [0.3, 0.4) is 0 Å². The zero-order valence-electron chi connectivity index (χ0n) is 12.9. The standard InChI is InChI=1S/C18H18N2O4/c19-17(23)14(11-15(21)22)20-18(24)16(12-7-3-1-4-8-12)13-9-5-2-6-10-13/h1-10,14,16H,11H2,(H2,19,23)(H,20,24)(H,21,22)/t14-/m0/s1. The predicted octanol–water partition coefficient (Wildman–Crippen LogP) is 1.26. The molecule has 124 valence electrons. The molecule has 6 nitrogen and oxygen atoms in total. The van der Waals surface area contributed by atoms with E-state index in [2.05, 4.69) is 5.32 Å². The van der Waals surface area contributed by atoms with E-state index in [0.29, 0.717) is 0 Å². The van der Waals surface area contributed by atoms with Crippen LogP contribution in [0.25, 0.3) is 0 Å². The van der Waals surface area contributed by atoms with Gasteiger partial charge < -0.3 is 16.2 Å². The summed E-state index contributed by atoms with van der Waals surface area (Å²) in [6, 6.07) is 16.8. The van der Waals surface area contributed by atoms with Crippen molar-refractivity contribution in [3.05, 3.63) is 71.8 Å². The molecule has 0 saturated heterocycles. The first-order chi connectivity index (χ1) is 11.5. The number of nitrogens with one attached hydrogen (secondary N) is 1. The summed E-state index contributed by atoms with van der Waals surface area (Å²) in [7, 11) is 0. The van der Waals surface area contributed by atoms with Crippen LogP contribution in [-0.2, 0) is 14.4 Å². The van der Waals surface area contributed by atoms with Crippen LogP contribution in [0.15, 0.2) is 60.7 Å². The molecule has 0 fully saturated rings. The lowest BCUT2D eigenvalue weighted by Crippen LogP contribution is -2.47. The monoisotopic (exact) mass is 326 g/mol. The first kappa shape index (κ1) is 17.2. The molecule has 0 bridgehead atoms. The van der Waals surface area contributed by atoms with Crippen LogP contribution in [0.1, 0.15) is 23.5 Å². The highest BCUT2D eigenvalue weighted by Gasteiger charge is 2.28. The van der Waals surface area contributed by atoms with Crippen LogP contribution in [0.5, 0.6) is 0 Å². The highest BCUT2D eigenvalue weighted by molar-refractivity contribution is 5.93. The van der Waals surface area contributed by atoms with Gasteiger partial charge in [0, 0.05) is 0 Å². The van der Waals surface area contributed by atoms with Crippen LogP contribution in [-0.4, -0.2) is 28.9 Å². The maximum atomic E-state index is 12.7. The predicted molar refractivity (Wildman–Crippen MR) is 88.1 cm³/mol. The van der Waals surface area contributed by atoms with Gasteiger partial charge in [0.05, 0.1) is 12.3 Å². The number of hydrogen-bond donors (Lipinski definition) is 3.